The van der Waals surface area contributed by atoms with E-state index in [1.807, 2.05) is 0 Å². The van der Waals surface area contributed by atoms with Crippen LogP contribution in [0.15, 0.2) is 30.3 Å². The lowest BCUT2D eigenvalue weighted by Gasteiger charge is -2.16. The fourth-order valence-electron chi connectivity index (χ4n) is 1.91. The number of benzene rings is 2. The van der Waals surface area contributed by atoms with Crippen LogP contribution in [0.3, 0.4) is 0 Å². The molecule has 0 N–H and O–H groups in total. The second-order valence-corrected chi connectivity index (χ2v) is 5.99. The van der Waals surface area contributed by atoms with E-state index < -0.39 is 5.82 Å². The highest BCUT2D eigenvalue weighted by molar-refractivity contribution is 9.09. The zero-order valence-electron chi connectivity index (χ0n) is 11.3. The first-order valence-electron chi connectivity index (χ1n) is 5.98. The number of rotatable bonds is 4. The van der Waals surface area contributed by atoms with Crippen molar-refractivity contribution in [3.8, 4) is 11.5 Å². The molecule has 112 valence electrons. The third kappa shape index (κ3) is 3.44. The van der Waals surface area contributed by atoms with Gasteiger partial charge in [-0.15, -0.1) is 0 Å². The molecular weight excluding hydrogens is 382 g/mol. The van der Waals surface area contributed by atoms with Gasteiger partial charge in [-0.2, -0.15) is 0 Å². The van der Waals surface area contributed by atoms with Gasteiger partial charge in [0.15, 0.2) is 11.5 Å². The first-order chi connectivity index (χ1) is 9.97. The molecule has 0 aliphatic rings. The Hall–Kier alpha value is -0.970. The standard InChI is InChI=1S/C15H12BrCl2FO2/c1-20-13-6-9(12(19)7-14(13)21-2)15(16)8-3-4-10(17)11(18)5-8/h3-7,15H,1-2H3. The van der Waals surface area contributed by atoms with Crippen molar-refractivity contribution < 1.29 is 13.9 Å². The molecule has 21 heavy (non-hydrogen) atoms. The first kappa shape index (κ1) is 16.4. The topological polar surface area (TPSA) is 18.5 Å². The second-order valence-electron chi connectivity index (χ2n) is 4.26. The largest absolute Gasteiger partial charge is 0.493 e. The summed E-state index contributed by atoms with van der Waals surface area (Å²) in [7, 11) is 2.96. The van der Waals surface area contributed by atoms with Gasteiger partial charge < -0.3 is 9.47 Å². The van der Waals surface area contributed by atoms with Gasteiger partial charge in [0.2, 0.25) is 0 Å². The van der Waals surface area contributed by atoms with Gasteiger partial charge in [0.05, 0.1) is 29.1 Å². The fourth-order valence-corrected chi connectivity index (χ4v) is 2.86. The summed E-state index contributed by atoms with van der Waals surface area (Å²) in [6, 6.07) is 8.03. The highest BCUT2D eigenvalue weighted by Gasteiger charge is 2.19. The third-order valence-electron chi connectivity index (χ3n) is 3.01. The van der Waals surface area contributed by atoms with Gasteiger partial charge in [0.25, 0.3) is 0 Å². The van der Waals surface area contributed by atoms with Gasteiger partial charge in [0, 0.05) is 11.6 Å². The smallest absolute Gasteiger partial charge is 0.163 e. The molecule has 0 bridgehead atoms. The Labute approximate surface area is 140 Å². The van der Waals surface area contributed by atoms with Crippen molar-refractivity contribution in [1.82, 2.24) is 0 Å². The zero-order valence-corrected chi connectivity index (χ0v) is 14.4. The molecule has 0 aliphatic heterocycles. The van der Waals surface area contributed by atoms with Crippen LogP contribution in [-0.4, -0.2) is 14.2 Å². The molecule has 0 spiro atoms. The van der Waals surface area contributed by atoms with E-state index >= 15 is 0 Å². The minimum atomic E-state index is -0.402. The molecular formula is C15H12BrCl2FO2. The van der Waals surface area contributed by atoms with Crippen LogP contribution in [0.1, 0.15) is 16.0 Å². The van der Waals surface area contributed by atoms with Gasteiger partial charge in [-0.1, -0.05) is 45.2 Å². The van der Waals surface area contributed by atoms with E-state index in [-0.39, 0.29) is 4.83 Å². The van der Waals surface area contributed by atoms with E-state index in [0.717, 1.165) is 5.56 Å². The SMILES string of the molecule is COc1cc(F)c(C(Br)c2ccc(Cl)c(Cl)c2)cc1OC. The maximum atomic E-state index is 14.2. The average molecular weight is 394 g/mol. The summed E-state index contributed by atoms with van der Waals surface area (Å²) >= 11 is 15.4. The maximum absolute atomic E-state index is 14.2. The third-order valence-corrected chi connectivity index (χ3v) is 4.77. The van der Waals surface area contributed by atoms with Gasteiger partial charge >= 0.3 is 0 Å². The molecule has 1 unspecified atom stereocenters. The fraction of sp³-hybridized carbons (Fsp3) is 0.200. The van der Waals surface area contributed by atoms with Crippen LogP contribution >= 0.6 is 39.1 Å². The molecule has 2 nitrogen and oxygen atoms in total. The van der Waals surface area contributed by atoms with E-state index in [0.29, 0.717) is 27.1 Å². The van der Waals surface area contributed by atoms with Crippen LogP contribution in [0.4, 0.5) is 4.39 Å². The molecule has 2 aromatic carbocycles. The molecule has 6 heteroatoms. The molecule has 0 amide bonds. The van der Waals surface area contributed by atoms with E-state index in [2.05, 4.69) is 15.9 Å². The molecule has 1 atom stereocenters. The van der Waals surface area contributed by atoms with Crippen LogP contribution < -0.4 is 9.47 Å². The van der Waals surface area contributed by atoms with Gasteiger partial charge in [-0.05, 0) is 23.8 Å². The Kier molecular flexibility index (Phi) is 5.36. The number of halogens is 4. The quantitative estimate of drug-likeness (QED) is 0.626. The first-order valence-corrected chi connectivity index (χ1v) is 7.65. The summed E-state index contributed by atoms with van der Waals surface area (Å²) in [6.45, 7) is 0. The minimum Gasteiger partial charge on any atom is -0.493 e. The van der Waals surface area contributed by atoms with Crippen molar-refractivity contribution in [2.24, 2.45) is 0 Å². The summed E-state index contributed by atoms with van der Waals surface area (Å²) in [5.41, 5.74) is 1.21. The normalized spacial score (nSPS) is 12.1. The van der Waals surface area contributed by atoms with Crippen LogP contribution in [0.25, 0.3) is 0 Å². The Morgan fingerprint density at radius 1 is 1.00 bits per heavy atom. The monoisotopic (exact) mass is 392 g/mol. The molecule has 0 heterocycles. The van der Waals surface area contributed by atoms with E-state index in [1.165, 1.54) is 20.3 Å². The average Bonchev–Trinajstić information content (AvgIpc) is 2.49. The molecule has 0 aliphatic carbocycles. The Balaban J connectivity index is 2.47. The summed E-state index contributed by atoms with van der Waals surface area (Å²) in [6.07, 6.45) is 0. The number of hydrogen-bond acceptors (Lipinski definition) is 2. The summed E-state index contributed by atoms with van der Waals surface area (Å²) in [5, 5.41) is 0.868. The molecule has 0 aromatic heterocycles. The van der Waals surface area contributed by atoms with Crippen LogP contribution in [0.2, 0.25) is 10.0 Å². The molecule has 0 saturated carbocycles. The van der Waals surface area contributed by atoms with Gasteiger partial charge in [-0.3, -0.25) is 0 Å². The molecule has 0 fully saturated rings. The van der Waals surface area contributed by atoms with Crippen molar-refractivity contribution in [1.29, 1.82) is 0 Å². The van der Waals surface area contributed by atoms with E-state index in [4.69, 9.17) is 32.7 Å². The van der Waals surface area contributed by atoms with Crippen molar-refractivity contribution >= 4 is 39.1 Å². The van der Waals surface area contributed by atoms with Gasteiger partial charge in [-0.25, -0.2) is 4.39 Å². The van der Waals surface area contributed by atoms with Crippen molar-refractivity contribution in [2.45, 2.75) is 4.83 Å². The maximum Gasteiger partial charge on any atom is 0.163 e. The lowest BCUT2D eigenvalue weighted by Crippen LogP contribution is -2.00. The van der Waals surface area contributed by atoms with Gasteiger partial charge in [0.1, 0.15) is 5.82 Å². The lowest BCUT2D eigenvalue weighted by molar-refractivity contribution is 0.351. The highest BCUT2D eigenvalue weighted by Crippen LogP contribution is 2.39. The summed E-state index contributed by atoms with van der Waals surface area (Å²) in [5.74, 6) is 0.395. The molecule has 2 rings (SSSR count). The number of ether oxygens (including phenoxy) is 2. The predicted molar refractivity (Wildman–Crippen MR) is 86.7 cm³/mol. The Morgan fingerprint density at radius 3 is 2.19 bits per heavy atom. The number of methoxy groups -OCH3 is 2. The van der Waals surface area contributed by atoms with Crippen molar-refractivity contribution in [3.05, 3.63) is 57.3 Å². The Bertz CT molecular complexity index is 664. The van der Waals surface area contributed by atoms with Crippen molar-refractivity contribution in [3.63, 3.8) is 0 Å². The summed E-state index contributed by atoms with van der Waals surface area (Å²) in [4.78, 5) is -0.382. The molecule has 0 radical (unpaired) electrons. The zero-order chi connectivity index (χ0) is 15.6. The molecule has 0 saturated heterocycles. The van der Waals surface area contributed by atoms with Crippen molar-refractivity contribution in [2.75, 3.05) is 14.2 Å². The van der Waals surface area contributed by atoms with E-state index in [1.54, 1.807) is 24.3 Å². The van der Waals surface area contributed by atoms with Crippen LogP contribution in [0, 0.1) is 5.82 Å². The predicted octanol–water partition coefficient (Wildman–Crippen LogP) is 5.63. The van der Waals surface area contributed by atoms with Crippen LogP contribution in [0.5, 0.6) is 11.5 Å². The Morgan fingerprint density at radius 2 is 1.62 bits per heavy atom. The summed E-state index contributed by atoms with van der Waals surface area (Å²) < 4.78 is 24.5. The highest BCUT2D eigenvalue weighted by atomic mass is 79.9. The van der Waals surface area contributed by atoms with Crippen LogP contribution in [-0.2, 0) is 0 Å². The lowest BCUT2D eigenvalue weighted by atomic mass is 10.0. The molecule has 2 aromatic rings. The van der Waals surface area contributed by atoms with E-state index in [9.17, 15) is 4.39 Å². The minimum absolute atomic E-state index is 0.340. The second kappa shape index (κ2) is 6.86. The number of hydrogen-bond donors (Lipinski definition) is 0. The number of alkyl halides is 1.